The highest BCUT2D eigenvalue weighted by atomic mass is 16.3. The van der Waals surface area contributed by atoms with E-state index in [1.54, 1.807) is 0 Å². The van der Waals surface area contributed by atoms with Gasteiger partial charge in [-0.2, -0.15) is 0 Å². The normalized spacial score (nSPS) is 29.0. The highest BCUT2D eigenvalue weighted by Crippen LogP contribution is 2.41. The summed E-state index contributed by atoms with van der Waals surface area (Å²) in [6, 6.07) is 11.3. The van der Waals surface area contributed by atoms with E-state index in [0.29, 0.717) is 18.6 Å². The van der Waals surface area contributed by atoms with E-state index in [2.05, 4.69) is 67.1 Å². The van der Waals surface area contributed by atoms with Crippen LogP contribution in [-0.2, 0) is 0 Å². The van der Waals surface area contributed by atoms with Crippen LogP contribution in [0.5, 0.6) is 0 Å². The molecule has 138 valence electrons. The third-order valence-corrected chi connectivity index (χ3v) is 6.17. The van der Waals surface area contributed by atoms with Gasteiger partial charge in [0.15, 0.2) is 0 Å². The van der Waals surface area contributed by atoms with Crippen molar-refractivity contribution in [3.05, 3.63) is 42.0 Å². The van der Waals surface area contributed by atoms with Crippen molar-refractivity contribution in [2.75, 3.05) is 39.8 Å². The van der Waals surface area contributed by atoms with E-state index in [9.17, 15) is 5.11 Å². The van der Waals surface area contributed by atoms with E-state index in [0.717, 1.165) is 32.6 Å². The zero-order chi connectivity index (χ0) is 17.9. The van der Waals surface area contributed by atoms with Gasteiger partial charge in [0.2, 0.25) is 0 Å². The maximum Gasteiger partial charge on any atom is 0.0503 e. The molecule has 1 aromatic rings. The summed E-state index contributed by atoms with van der Waals surface area (Å²) < 4.78 is 0. The molecule has 2 saturated heterocycles. The third kappa shape index (κ3) is 4.16. The molecule has 3 nitrogen and oxygen atoms in total. The van der Waals surface area contributed by atoms with E-state index >= 15 is 0 Å². The topological polar surface area (TPSA) is 26.7 Å². The Balaban J connectivity index is 1.76. The van der Waals surface area contributed by atoms with Crippen LogP contribution in [0.2, 0.25) is 0 Å². The molecule has 1 N–H and O–H groups in total. The van der Waals surface area contributed by atoms with Gasteiger partial charge in [-0.3, -0.25) is 4.90 Å². The Morgan fingerprint density at radius 1 is 1.24 bits per heavy atom. The number of benzene rings is 1. The Hall–Kier alpha value is -1.16. The van der Waals surface area contributed by atoms with Crippen LogP contribution in [0.25, 0.3) is 5.57 Å². The molecule has 0 spiro atoms. The second-order valence-corrected chi connectivity index (χ2v) is 8.41. The van der Waals surface area contributed by atoms with Gasteiger partial charge in [0, 0.05) is 24.5 Å². The van der Waals surface area contributed by atoms with E-state index in [4.69, 9.17) is 0 Å². The Kier molecular flexibility index (Phi) is 5.98. The average molecular weight is 343 g/mol. The van der Waals surface area contributed by atoms with Crippen LogP contribution < -0.4 is 0 Å². The summed E-state index contributed by atoms with van der Waals surface area (Å²) in [6.07, 6.45) is 5.92. The Morgan fingerprint density at radius 3 is 2.68 bits per heavy atom. The van der Waals surface area contributed by atoms with Crippen molar-refractivity contribution in [2.45, 2.75) is 39.2 Å². The minimum Gasteiger partial charge on any atom is -0.396 e. The van der Waals surface area contributed by atoms with Crippen molar-refractivity contribution < 1.29 is 5.11 Å². The van der Waals surface area contributed by atoms with E-state index in [-0.39, 0.29) is 5.41 Å². The van der Waals surface area contributed by atoms with Gasteiger partial charge in [-0.05, 0) is 56.5 Å². The van der Waals surface area contributed by atoms with Gasteiger partial charge in [0.1, 0.15) is 0 Å². The van der Waals surface area contributed by atoms with Crippen LogP contribution >= 0.6 is 0 Å². The molecule has 25 heavy (non-hydrogen) atoms. The molecule has 0 unspecified atom stereocenters. The largest absolute Gasteiger partial charge is 0.396 e. The van der Waals surface area contributed by atoms with Crippen molar-refractivity contribution in [3.63, 3.8) is 0 Å². The summed E-state index contributed by atoms with van der Waals surface area (Å²) in [5, 5.41) is 10.1. The van der Waals surface area contributed by atoms with Gasteiger partial charge < -0.3 is 10.0 Å². The van der Waals surface area contributed by atoms with Gasteiger partial charge in [-0.1, -0.05) is 50.3 Å². The molecule has 3 heteroatoms. The number of piperidine rings is 2. The number of fused-ring (bicyclic) bond motifs is 1. The van der Waals surface area contributed by atoms with Crippen LogP contribution in [0.15, 0.2) is 36.4 Å². The van der Waals surface area contributed by atoms with Gasteiger partial charge >= 0.3 is 0 Å². The fourth-order valence-corrected chi connectivity index (χ4v) is 4.75. The molecule has 2 fully saturated rings. The molecule has 2 heterocycles. The first-order valence-corrected chi connectivity index (χ1v) is 9.84. The molecule has 0 bridgehead atoms. The molecule has 3 rings (SSSR count). The van der Waals surface area contributed by atoms with E-state index in [1.165, 1.54) is 24.0 Å². The maximum atomic E-state index is 10.1. The molecule has 1 aromatic carbocycles. The zero-order valence-electron chi connectivity index (χ0n) is 16.1. The number of aliphatic hydroxyl groups excluding tert-OH is 1. The highest BCUT2D eigenvalue weighted by molar-refractivity contribution is 5.67. The lowest BCUT2D eigenvalue weighted by Crippen LogP contribution is -2.61. The number of likely N-dealkylation sites (tertiary alicyclic amines) is 2. The van der Waals surface area contributed by atoms with Gasteiger partial charge in [0.25, 0.3) is 0 Å². The maximum absolute atomic E-state index is 10.1. The first-order valence-electron chi connectivity index (χ1n) is 9.84. The number of nitrogens with zero attached hydrogens (tertiary/aromatic N) is 2. The number of aliphatic hydroxyl groups is 1. The molecule has 0 saturated carbocycles. The summed E-state index contributed by atoms with van der Waals surface area (Å²) in [5.41, 5.74) is 2.90. The molecule has 0 aromatic heterocycles. The second-order valence-electron chi connectivity index (χ2n) is 8.41. The van der Waals surface area contributed by atoms with Crippen LogP contribution in [0, 0.1) is 11.3 Å². The van der Waals surface area contributed by atoms with Crippen LogP contribution in [0.3, 0.4) is 0 Å². The number of allylic oxidation sites excluding steroid dienone is 1. The third-order valence-electron chi connectivity index (χ3n) is 6.17. The average Bonchev–Trinajstić information content (AvgIpc) is 2.62. The quantitative estimate of drug-likeness (QED) is 0.887. The van der Waals surface area contributed by atoms with Crippen molar-refractivity contribution in [1.29, 1.82) is 0 Å². The molecule has 0 radical (unpaired) electrons. The van der Waals surface area contributed by atoms with Crippen LogP contribution in [-0.4, -0.2) is 60.8 Å². The SMILES string of the molecule is CC(C)/C=C(\CN1CC[C@@]2(CO)CCCN(C)[C@@H]2C1)c1ccccc1. The number of hydrogen-bond acceptors (Lipinski definition) is 3. The van der Waals surface area contributed by atoms with Gasteiger partial charge in [-0.15, -0.1) is 0 Å². The summed E-state index contributed by atoms with van der Waals surface area (Å²) in [6.45, 7) is 9.17. The number of hydrogen-bond donors (Lipinski definition) is 1. The Bertz CT molecular complexity index is 583. The number of rotatable bonds is 5. The number of likely N-dealkylation sites (N-methyl/N-ethyl adjacent to an activating group) is 1. The minimum absolute atomic E-state index is 0.123. The monoisotopic (exact) mass is 342 g/mol. The van der Waals surface area contributed by atoms with Crippen LogP contribution in [0.4, 0.5) is 0 Å². The molecule has 2 aliphatic heterocycles. The Labute approximate surface area is 153 Å². The lowest BCUT2D eigenvalue weighted by Gasteiger charge is -2.53. The molecular formula is C22H34N2O. The summed E-state index contributed by atoms with van der Waals surface area (Å²) in [4.78, 5) is 5.09. The smallest absolute Gasteiger partial charge is 0.0503 e. The van der Waals surface area contributed by atoms with Crippen molar-refractivity contribution in [1.82, 2.24) is 9.80 Å². The van der Waals surface area contributed by atoms with Crippen molar-refractivity contribution in [3.8, 4) is 0 Å². The lowest BCUT2D eigenvalue weighted by molar-refractivity contribution is -0.0640. The zero-order valence-corrected chi connectivity index (χ0v) is 16.1. The minimum atomic E-state index is 0.123. The van der Waals surface area contributed by atoms with E-state index < -0.39 is 0 Å². The van der Waals surface area contributed by atoms with Gasteiger partial charge in [0.05, 0.1) is 6.61 Å². The van der Waals surface area contributed by atoms with Crippen LogP contribution in [0.1, 0.15) is 38.7 Å². The van der Waals surface area contributed by atoms with Crippen molar-refractivity contribution in [2.24, 2.45) is 11.3 Å². The van der Waals surface area contributed by atoms with Gasteiger partial charge in [-0.25, -0.2) is 0 Å². The fourth-order valence-electron chi connectivity index (χ4n) is 4.75. The summed E-state index contributed by atoms with van der Waals surface area (Å²) >= 11 is 0. The molecule has 2 aliphatic rings. The second kappa shape index (κ2) is 8.03. The molecule has 0 amide bonds. The lowest BCUT2D eigenvalue weighted by atomic mass is 9.69. The molecule has 0 aliphatic carbocycles. The highest BCUT2D eigenvalue weighted by Gasteiger charge is 2.46. The Morgan fingerprint density at radius 2 is 2.00 bits per heavy atom. The summed E-state index contributed by atoms with van der Waals surface area (Å²) in [7, 11) is 2.24. The van der Waals surface area contributed by atoms with E-state index in [1.807, 2.05) is 0 Å². The standard InChI is InChI=1S/C22H34N2O/c1-18(2)14-20(19-8-5-4-6-9-19)15-24-13-11-22(17-25)10-7-12-23(3)21(22)16-24/h4-6,8-9,14,18,21,25H,7,10-13,15-17H2,1-3H3/b20-14+/t21-,22-/m1/s1. The predicted molar refractivity (Wildman–Crippen MR) is 105 cm³/mol. The molecular weight excluding hydrogens is 308 g/mol. The molecule has 2 atom stereocenters. The predicted octanol–water partition coefficient (Wildman–Crippen LogP) is 3.50. The first kappa shape index (κ1) is 18.6. The summed E-state index contributed by atoms with van der Waals surface area (Å²) in [5.74, 6) is 0.550. The van der Waals surface area contributed by atoms with Crippen molar-refractivity contribution >= 4 is 5.57 Å². The fraction of sp³-hybridized carbons (Fsp3) is 0.636. The first-order chi connectivity index (χ1) is 12.0.